The molecule has 4 aromatic rings. The molecular formula is C32H40N4O2. The Bertz CT molecular complexity index is 1330. The van der Waals surface area contributed by atoms with Crippen molar-refractivity contribution in [3.63, 3.8) is 0 Å². The number of hydrogen-bond acceptors (Lipinski definition) is 6. The van der Waals surface area contributed by atoms with Crippen molar-refractivity contribution < 1.29 is 9.47 Å². The van der Waals surface area contributed by atoms with E-state index in [1.54, 1.807) is 0 Å². The smallest absolute Gasteiger partial charge is 0.150 e. The van der Waals surface area contributed by atoms with Gasteiger partial charge in [-0.2, -0.15) is 0 Å². The second kappa shape index (κ2) is 13.5. The zero-order valence-corrected chi connectivity index (χ0v) is 23.4. The van der Waals surface area contributed by atoms with Crippen molar-refractivity contribution in [2.75, 3.05) is 39.7 Å². The third-order valence-electron chi connectivity index (χ3n) is 5.69. The minimum absolute atomic E-state index is 0.658. The largest absolute Gasteiger partial charge is 0.455 e. The van der Waals surface area contributed by atoms with E-state index in [9.17, 15) is 0 Å². The zero-order chi connectivity index (χ0) is 27.7. The van der Waals surface area contributed by atoms with Crippen LogP contribution in [0, 0.1) is 13.8 Å². The number of nitrogens with zero attached hydrogens (tertiary/aromatic N) is 2. The fourth-order valence-corrected chi connectivity index (χ4v) is 3.88. The maximum atomic E-state index is 5.99. The van der Waals surface area contributed by atoms with Crippen LogP contribution in [0.25, 0.3) is 0 Å². The van der Waals surface area contributed by atoms with Crippen LogP contribution >= 0.6 is 0 Å². The third-order valence-corrected chi connectivity index (χ3v) is 5.69. The number of aryl methyl sites for hydroxylation is 2. The summed E-state index contributed by atoms with van der Waals surface area (Å²) in [5.41, 5.74) is 17.8. The van der Waals surface area contributed by atoms with Crippen molar-refractivity contribution >= 4 is 11.4 Å². The highest BCUT2D eigenvalue weighted by Gasteiger charge is 2.09. The van der Waals surface area contributed by atoms with E-state index in [4.69, 9.17) is 20.9 Å². The Hall–Kier alpha value is -4.00. The number of rotatable bonds is 8. The Morgan fingerprint density at radius 3 is 1.53 bits per heavy atom. The Labute approximate surface area is 227 Å². The number of anilines is 2. The van der Waals surface area contributed by atoms with E-state index in [0.29, 0.717) is 22.9 Å². The molecule has 0 spiro atoms. The van der Waals surface area contributed by atoms with Gasteiger partial charge in [-0.3, -0.25) is 0 Å². The molecule has 6 nitrogen and oxygen atoms in total. The third kappa shape index (κ3) is 8.54. The van der Waals surface area contributed by atoms with E-state index in [-0.39, 0.29) is 0 Å². The molecule has 0 atom stereocenters. The molecule has 0 bridgehead atoms. The number of ether oxygens (including phenoxy) is 2. The van der Waals surface area contributed by atoms with E-state index >= 15 is 0 Å². The van der Waals surface area contributed by atoms with Crippen LogP contribution in [-0.4, -0.2) is 38.0 Å². The lowest BCUT2D eigenvalue weighted by Crippen LogP contribution is -2.11. The van der Waals surface area contributed by atoms with Crippen LogP contribution in [0.5, 0.6) is 23.0 Å². The maximum absolute atomic E-state index is 5.99. The summed E-state index contributed by atoms with van der Waals surface area (Å²) in [6.07, 6.45) is 0. The van der Waals surface area contributed by atoms with Gasteiger partial charge in [0.15, 0.2) is 5.75 Å². The fourth-order valence-electron chi connectivity index (χ4n) is 3.88. The Balaban J connectivity index is 0.000000211. The molecule has 4 aromatic carbocycles. The molecule has 4 N–H and O–H groups in total. The normalized spacial score (nSPS) is 10.7. The molecule has 0 aliphatic rings. The average Bonchev–Trinajstić information content (AvgIpc) is 2.85. The fraction of sp³-hybridized carbons (Fsp3) is 0.250. The Morgan fingerprint density at radius 2 is 1.00 bits per heavy atom. The number of nitrogens with two attached hydrogens (primary N) is 2. The summed E-state index contributed by atoms with van der Waals surface area (Å²) in [7, 11) is 8.16. The molecule has 0 aliphatic heterocycles. The van der Waals surface area contributed by atoms with Crippen molar-refractivity contribution in [1.82, 2.24) is 9.80 Å². The number of hydrogen-bond donors (Lipinski definition) is 2. The van der Waals surface area contributed by atoms with Gasteiger partial charge in [0, 0.05) is 24.2 Å². The molecule has 0 amide bonds. The Morgan fingerprint density at radius 1 is 0.526 bits per heavy atom. The second-order valence-corrected chi connectivity index (χ2v) is 9.98. The highest BCUT2D eigenvalue weighted by atomic mass is 16.5. The predicted molar refractivity (Wildman–Crippen MR) is 159 cm³/mol. The first-order chi connectivity index (χ1) is 18.1. The van der Waals surface area contributed by atoms with Gasteiger partial charge >= 0.3 is 0 Å². The molecule has 0 radical (unpaired) electrons. The molecule has 0 aromatic heterocycles. The van der Waals surface area contributed by atoms with Gasteiger partial charge in [-0.15, -0.1) is 0 Å². The van der Waals surface area contributed by atoms with Crippen LogP contribution in [0.4, 0.5) is 11.4 Å². The molecule has 0 fully saturated rings. The van der Waals surface area contributed by atoms with Crippen LogP contribution in [0.1, 0.15) is 22.3 Å². The lowest BCUT2D eigenvalue weighted by atomic mass is 10.2. The molecule has 38 heavy (non-hydrogen) atoms. The highest BCUT2D eigenvalue weighted by Crippen LogP contribution is 2.32. The van der Waals surface area contributed by atoms with Gasteiger partial charge < -0.3 is 30.7 Å². The monoisotopic (exact) mass is 512 g/mol. The second-order valence-electron chi connectivity index (χ2n) is 9.98. The van der Waals surface area contributed by atoms with E-state index in [2.05, 4.69) is 21.9 Å². The zero-order valence-electron chi connectivity index (χ0n) is 23.4. The van der Waals surface area contributed by atoms with Gasteiger partial charge in [0.1, 0.15) is 17.2 Å². The topological polar surface area (TPSA) is 77.0 Å². The molecule has 0 saturated heterocycles. The summed E-state index contributed by atoms with van der Waals surface area (Å²) < 4.78 is 11.9. The molecule has 0 saturated carbocycles. The molecular weight excluding hydrogens is 472 g/mol. The van der Waals surface area contributed by atoms with Crippen molar-refractivity contribution in [1.29, 1.82) is 0 Å². The van der Waals surface area contributed by atoms with Gasteiger partial charge in [0.05, 0.1) is 11.4 Å². The lowest BCUT2D eigenvalue weighted by molar-refractivity contribution is 0.389. The summed E-state index contributed by atoms with van der Waals surface area (Å²) in [5.74, 6) is 3.13. The minimum atomic E-state index is 0.658. The van der Waals surface area contributed by atoms with Gasteiger partial charge in [0.2, 0.25) is 0 Å². The standard InChI is InChI=1S/2C16H20N2O/c1-12-8-9-16(14(17)10-12)19-15-7-5-4-6-13(15)11-18(2)3;1-12-8-9-14(17)16(10-12)19-15-7-5-4-6-13(15)11-18(2)3/h2*4-10H,11,17H2,1-3H3. The van der Waals surface area contributed by atoms with Crippen LogP contribution in [0.3, 0.4) is 0 Å². The summed E-state index contributed by atoms with van der Waals surface area (Å²) in [4.78, 5) is 4.22. The first-order valence-corrected chi connectivity index (χ1v) is 12.7. The van der Waals surface area contributed by atoms with Crippen molar-refractivity contribution in [3.05, 3.63) is 107 Å². The minimum Gasteiger partial charge on any atom is -0.455 e. The molecule has 200 valence electrons. The average molecular weight is 513 g/mol. The van der Waals surface area contributed by atoms with Crippen LogP contribution < -0.4 is 20.9 Å². The lowest BCUT2D eigenvalue weighted by Gasteiger charge is -2.15. The summed E-state index contributed by atoms with van der Waals surface area (Å²) in [5, 5.41) is 0. The van der Waals surface area contributed by atoms with Crippen LogP contribution in [0.15, 0.2) is 84.9 Å². The van der Waals surface area contributed by atoms with Crippen LogP contribution in [-0.2, 0) is 13.1 Å². The number of benzene rings is 4. The summed E-state index contributed by atoms with van der Waals surface area (Å²) in [6.45, 7) is 5.71. The SMILES string of the molecule is Cc1ccc(N)c(Oc2ccccc2CN(C)C)c1.Cc1ccc(Oc2ccccc2CN(C)C)c(N)c1. The van der Waals surface area contributed by atoms with E-state index in [1.807, 2.05) is 115 Å². The quantitative estimate of drug-likeness (QED) is 0.251. The van der Waals surface area contributed by atoms with E-state index in [1.165, 1.54) is 0 Å². The molecule has 0 heterocycles. The number of nitrogen functional groups attached to an aromatic ring is 2. The first-order valence-electron chi connectivity index (χ1n) is 12.7. The predicted octanol–water partition coefficient (Wildman–Crippen LogP) is 6.86. The highest BCUT2D eigenvalue weighted by molar-refractivity contribution is 5.57. The molecule has 0 unspecified atom stereocenters. The van der Waals surface area contributed by atoms with Crippen molar-refractivity contribution in [2.45, 2.75) is 26.9 Å². The van der Waals surface area contributed by atoms with E-state index in [0.717, 1.165) is 46.8 Å². The Kier molecular flexibility index (Phi) is 10.2. The van der Waals surface area contributed by atoms with Gasteiger partial charge in [-0.25, -0.2) is 0 Å². The molecule has 4 rings (SSSR count). The maximum Gasteiger partial charge on any atom is 0.150 e. The number of para-hydroxylation sites is 2. The summed E-state index contributed by atoms with van der Waals surface area (Å²) in [6, 6.07) is 27.7. The van der Waals surface area contributed by atoms with Gasteiger partial charge in [-0.05, 0) is 89.6 Å². The molecule has 0 aliphatic carbocycles. The molecule has 6 heteroatoms. The van der Waals surface area contributed by atoms with E-state index < -0.39 is 0 Å². The van der Waals surface area contributed by atoms with Crippen LogP contribution in [0.2, 0.25) is 0 Å². The van der Waals surface area contributed by atoms with Crippen molar-refractivity contribution in [2.24, 2.45) is 0 Å². The summed E-state index contributed by atoms with van der Waals surface area (Å²) >= 11 is 0. The van der Waals surface area contributed by atoms with Crippen molar-refractivity contribution in [3.8, 4) is 23.0 Å². The first kappa shape index (κ1) is 28.6. The van der Waals surface area contributed by atoms with Gasteiger partial charge in [0.25, 0.3) is 0 Å². The van der Waals surface area contributed by atoms with Gasteiger partial charge in [-0.1, -0.05) is 48.5 Å².